The van der Waals surface area contributed by atoms with E-state index in [1.54, 1.807) is 0 Å². The zero-order valence-electron chi connectivity index (χ0n) is 12.5. The van der Waals surface area contributed by atoms with E-state index in [0.29, 0.717) is 12.0 Å². The number of carbonyl (C=O) groups excluding carboxylic acids is 2. The van der Waals surface area contributed by atoms with Crippen LogP contribution in [0.15, 0.2) is 54.6 Å². The van der Waals surface area contributed by atoms with E-state index in [-0.39, 0.29) is 5.75 Å². The van der Waals surface area contributed by atoms with Crippen LogP contribution >= 0.6 is 0 Å². The van der Waals surface area contributed by atoms with Gasteiger partial charge < -0.3 is 21.9 Å². The molecule has 0 unspecified atom stereocenters. The third-order valence-corrected chi connectivity index (χ3v) is 3.43. The van der Waals surface area contributed by atoms with Crippen molar-refractivity contribution in [3.05, 3.63) is 65.7 Å². The summed E-state index contributed by atoms with van der Waals surface area (Å²) in [6.45, 7) is 0. The Morgan fingerprint density at radius 3 is 2.22 bits per heavy atom. The minimum atomic E-state index is -0.995. The molecule has 6 heteroatoms. The van der Waals surface area contributed by atoms with Crippen LogP contribution in [0.25, 0.3) is 0 Å². The van der Waals surface area contributed by atoms with Crippen LogP contribution in [0.4, 0.5) is 0 Å². The highest BCUT2D eigenvalue weighted by molar-refractivity contribution is 5.89. The van der Waals surface area contributed by atoms with Gasteiger partial charge in [-0.15, -0.1) is 0 Å². The summed E-state index contributed by atoms with van der Waals surface area (Å²) in [7, 11) is 0. The predicted molar refractivity (Wildman–Crippen MR) is 86.3 cm³/mol. The molecule has 0 fully saturated rings. The lowest BCUT2D eigenvalue weighted by atomic mass is 10.0. The second-order valence-electron chi connectivity index (χ2n) is 5.23. The van der Waals surface area contributed by atoms with E-state index >= 15 is 0 Å². The quantitative estimate of drug-likeness (QED) is 0.624. The molecule has 0 aliphatic rings. The summed E-state index contributed by atoms with van der Waals surface area (Å²) in [6.07, 6.45) is 0.355. The van der Waals surface area contributed by atoms with Crippen LogP contribution in [-0.4, -0.2) is 23.0 Å². The summed E-state index contributed by atoms with van der Waals surface area (Å²) in [5, 5.41) is 11.8. The maximum absolute atomic E-state index is 12.2. The van der Waals surface area contributed by atoms with Gasteiger partial charge in [0, 0.05) is 0 Å². The van der Waals surface area contributed by atoms with Gasteiger partial charge in [-0.2, -0.15) is 0 Å². The van der Waals surface area contributed by atoms with E-state index in [1.165, 1.54) is 24.3 Å². The first-order chi connectivity index (χ1) is 11.0. The smallest absolute Gasteiger partial charge is 0.244 e. The van der Waals surface area contributed by atoms with E-state index in [2.05, 4.69) is 5.32 Å². The van der Waals surface area contributed by atoms with Gasteiger partial charge in [-0.05, 0) is 29.7 Å². The monoisotopic (exact) mass is 313 g/mol. The van der Waals surface area contributed by atoms with Crippen LogP contribution in [-0.2, 0) is 16.0 Å². The van der Waals surface area contributed by atoms with Crippen molar-refractivity contribution in [3.63, 3.8) is 0 Å². The number of aromatic hydroxyl groups is 1. The number of nitrogens with two attached hydrogens (primary N) is 2. The first kappa shape index (κ1) is 16.5. The van der Waals surface area contributed by atoms with E-state index < -0.39 is 23.9 Å². The van der Waals surface area contributed by atoms with Crippen LogP contribution < -0.4 is 16.8 Å². The van der Waals surface area contributed by atoms with Crippen molar-refractivity contribution in [2.75, 3.05) is 0 Å². The van der Waals surface area contributed by atoms with E-state index in [0.717, 1.165) is 5.56 Å². The van der Waals surface area contributed by atoms with Crippen molar-refractivity contribution in [1.82, 2.24) is 5.32 Å². The third-order valence-electron chi connectivity index (χ3n) is 3.43. The Morgan fingerprint density at radius 2 is 1.65 bits per heavy atom. The Morgan fingerprint density at radius 1 is 1.04 bits per heavy atom. The average molecular weight is 313 g/mol. The summed E-state index contributed by atoms with van der Waals surface area (Å²) < 4.78 is 0. The van der Waals surface area contributed by atoms with Gasteiger partial charge in [0.25, 0.3) is 0 Å². The van der Waals surface area contributed by atoms with Gasteiger partial charge in [0.15, 0.2) is 0 Å². The fraction of sp³-hybridized carbons (Fsp3) is 0.176. The maximum Gasteiger partial charge on any atom is 0.244 e. The van der Waals surface area contributed by atoms with Crippen molar-refractivity contribution in [2.45, 2.75) is 18.5 Å². The zero-order chi connectivity index (χ0) is 16.8. The number of benzene rings is 2. The molecule has 2 atom stereocenters. The molecule has 2 aromatic carbocycles. The van der Waals surface area contributed by atoms with E-state index in [1.807, 2.05) is 30.3 Å². The number of phenolic OH excluding ortho intramolecular Hbond substituents is 1. The first-order valence-electron chi connectivity index (χ1n) is 7.15. The van der Waals surface area contributed by atoms with Crippen LogP contribution in [0.1, 0.15) is 17.2 Å². The fourth-order valence-corrected chi connectivity index (χ4v) is 2.20. The lowest BCUT2D eigenvalue weighted by Gasteiger charge is -2.19. The molecule has 120 valence electrons. The van der Waals surface area contributed by atoms with Crippen molar-refractivity contribution in [1.29, 1.82) is 0 Å². The van der Waals surface area contributed by atoms with E-state index in [4.69, 9.17) is 11.5 Å². The molecule has 0 aliphatic carbocycles. The normalized spacial score (nSPS) is 13.1. The molecule has 0 aliphatic heterocycles. The van der Waals surface area contributed by atoms with Gasteiger partial charge >= 0.3 is 0 Å². The number of rotatable bonds is 6. The highest BCUT2D eigenvalue weighted by Crippen LogP contribution is 2.17. The second-order valence-corrected chi connectivity index (χ2v) is 5.23. The molecule has 0 saturated heterocycles. The predicted octanol–water partition coefficient (Wildman–Crippen LogP) is 0.605. The van der Waals surface area contributed by atoms with Crippen LogP contribution in [0.2, 0.25) is 0 Å². The highest BCUT2D eigenvalue weighted by atomic mass is 16.3. The molecular formula is C17H19N3O3. The second kappa shape index (κ2) is 7.42. The topological polar surface area (TPSA) is 118 Å². The minimum Gasteiger partial charge on any atom is -0.508 e. The van der Waals surface area contributed by atoms with Gasteiger partial charge in [-0.3, -0.25) is 9.59 Å². The molecule has 6 nitrogen and oxygen atoms in total. The Hall–Kier alpha value is -2.86. The van der Waals surface area contributed by atoms with Gasteiger partial charge in [0.05, 0.1) is 6.04 Å². The number of hydrogen-bond donors (Lipinski definition) is 4. The largest absolute Gasteiger partial charge is 0.508 e. The Labute approximate surface area is 134 Å². The SMILES string of the molecule is NC(=O)[C@H](NC(=O)[C@@H](N)Cc1ccccc1)c1ccc(O)cc1. The van der Waals surface area contributed by atoms with Crippen LogP contribution in [0, 0.1) is 0 Å². The summed E-state index contributed by atoms with van der Waals surface area (Å²) in [5.74, 6) is -1.11. The summed E-state index contributed by atoms with van der Waals surface area (Å²) in [5.41, 5.74) is 12.7. The van der Waals surface area contributed by atoms with Gasteiger partial charge in [0.2, 0.25) is 11.8 Å². The van der Waals surface area contributed by atoms with Gasteiger partial charge in [-0.1, -0.05) is 42.5 Å². The maximum atomic E-state index is 12.2. The summed E-state index contributed by atoms with van der Waals surface area (Å²) in [6, 6.07) is 13.4. The number of nitrogens with one attached hydrogen (secondary N) is 1. The van der Waals surface area contributed by atoms with Crippen molar-refractivity contribution in [3.8, 4) is 5.75 Å². The van der Waals surface area contributed by atoms with E-state index in [9.17, 15) is 14.7 Å². The lowest BCUT2D eigenvalue weighted by molar-refractivity contribution is -0.128. The third kappa shape index (κ3) is 4.55. The van der Waals surface area contributed by atoms with Crippen molar-refractivity contribution in [2.24, 2.45) is 11.5 Å². The molecular weight excluding hydrogens is 294 g/mol. The summed E-state index contributed by atoms with van der Waals surface area (Å²) >= 11 is 0. The molecule has 0 saturated carbocycles. The Bertz CT molecular complexity index is 671. The van der Waals surface area contributed by atoms with Crippen molar-refractivity contribution < 1.29 is 14.7 Å². The molecule has 2 amide bonds. The lowest BCUT2D eigenvalue weighted by Crippen LogP contribution is -2.46. The van der Waals surface area contributed by atoms with Crippen LogP contribution in [0.5, 0.6) is 5.75 Å². The summed E-state index contributed by atoms with van der Waals surface area (Å²) in [4.78, 5) is 23.8. The van der Waals surface area contributed by atoms with Gasteiger partial charge in [0.1, 0.15) is 11.8 Å². The molecule has 6 N–H and O–H groups in total. The number of phenols is 1. The van der Waals surface area contributed by atoms with Crippen molar-refractivity contribution >= 4 is 11.8 Å². The Balaban J connectivity index is 2.06. The number of carbonyl (C=O) groups is 2. The number of hydrogen-bond acceptors (Lipinski definition) is 4. The van der Waals surface area contributed by atoms with Crippen LogP contribution in [0.3, 0.4) is 0 Å². The molecule has 0 bridgehead atoms. The molecule has 0 radical (unpaired) electrons. The molecule has 0 aromatic heterocycles. The highest BCUT2D eigenvalue weighted by Gasteiger charge is 2.23. The molecule has 0 spiro atoms. The molecule has 2 aromatic rings. The van der Waals surface area contributed by atoms with Gasteiger partial charge in [-0.25, -0.2) is 0 Å². The standard InChI is InChI=1S/C17H19N3O3/c18-14(10-11-4-2-1-3-5-11)17(23)20-15(16(19)22)12-6-8-13(21)9-7-12/h1-9,14-15,21H,10,18H2,(H2,19,22)(H,20,23)/t14-,15+/m0/s1. The molecule has 2 rings (SSSR count). The Kier molecular flexibility index (Phi) is 5.32. The zero-order valence-corrected chi connectivity index (χ0v) is 12.5. The molecule has 23 heavy (non-hydrogen) atoms. The average Bonchev–Trinajstić information content (AvgIpc) is 2.54. The first-order valence-corrected chi connectivity index (χ1v) is 7.15. The fourth-order valence-electron chi connectivity index (χ4n) is 2.20. The number of primary amides is 1. The number of amides is 2. The molecule has 0 heterocycles. The minimum absolute atomic E-state index is 0.0593.